The lowest BCUT2D eigenvalue weighted by molar-refractivity contribution is -0.472. The fourth-order valence-corrected chi connectivity index (χ4v) is 8.77. The molecule has 124 valence electrons. The van der Waals surface area contributed by atoms with Crippen molar-refractivity contribution in [1.29, 1.82) is 0 Å². The van der Waals surface area contributed by atoms with Crippen LogP contribution < -0.4 is 4.52 Å². The monoisotopic (exact) mass is 334 g/mol. The number of ether oxygens (including phenoxy) is 3. The fraction of sp³-hybridized carbons (Fsp3) is 0.667. The van der Waals surface area contributed by atoms with Crippen LogP contribution >= 0.6 is 8.15 Å². The lowest BCUT2D eigenvalue weighted by Gasteiger charge is -2.69. The number of hydrogen-bond donors (Lipinski definition) is 0. The van der Waals surface area contributed by atoms with Crippen molar-refractivity contribution >= 4 is 8.15 Å². The molecule has 1 spiro atoms. The van der Waals surface area contributed by atoms with Crippen molar-refractivity contribution in [3.8, 4) is 5.75 Å². The Morgan fingerprint density at radius 3 is 2.43 bits per heavy atom. The van der Waals surface area contributed by atoms with Gasteiger partial charge < -0.3 is 18.7 Å². The van der Waals surface area contributed by atoms with Gasteiger partial charge in [-0.1, -0.05) is 17.7 Å². The van der Waals surface area contributed by atoms with E-state index in [1.165, 1.54) is 16.7 Å². The molecule has 4 bridgehead atoms. The summed E-state index contributed by atoms with van der Waals surface area (Å²) in [5.74, 6) is -0.0959. The van der Waals surface area contributed by atoms with Crippen LogP contribution in [0.1, 0.15) is 50.3 Å². The second-order valence-electron chi connectivity index (χ2n) is 8.18. The van der Waals surface area contributed by atoms with Gasteiger partial charge in [-0.05, 0) is 45.7 Å². The van der Waals surface area contributed by atoms with Crippen LogP contribution in [0.25, 0.3) is 0 Å². The van der Waals surface area contributed by atoms with Gasteiger partial charge in [0.15, 0.2) is 19.7 Å². The van der Waals surface area contributed by atoms with Gasteiger partial charge in [0.05, 0.1) is 0 Å². The number of fused-ring (bicyclic) bond motifs is 1. The van der Waals surface area contributed by atoms with Crippen LogP contribution in [-0.4, -0.2) is 22.3 Å². The van der Waals surface area contributed by atoms with Gasteiger partial charge in [-0.15, -0.1) is 0 Å². The third kappa shape index (κ3) is 1.81. The Morgan fingerprint density at radius 2 is 1.70 bits per heavy atom. The van der Waals surface area contributed by atoms with E-state index >= 15 is 0 Å². The molecule has 1 aromatic carbocycles. The summed E-state index contributed by atoms with van der Waals surface area (Å²) in [6.07, 6.45) is 2.36. The summed E-state index contributed by atoms with van der Waals surface area (Å²) < 4.78 is 25.7. The summed E-state index contributed by atoms with van der Waals surface area (Å²) in [6, 6.07) is 4.44. The third-order valence-electron chi connectivity index (χ3n) is 5.46. The first-order chi connectivity index (χ1) is 10.6. The Hall–Kier alpha value is -0.670. The topological polar surface area (TPSA) is 36.9 Å². The second kappa shape index (κ2) is 3.94. The summed E-state index contributed by atoms with van der Waals surface area (Å²) in [5, 5.41) is -0.613. The molecular weight excluding hydrogens is 311 g/mol. The van der Waals surface area contributed by atoms with Gasteiger partial charge in [0.2, 0.25) is 0 Å². The molecule has 5 aliphatic rings. The molecule has 6 rings (SSSR count). The molecule has 23 heavy (non-hydrogen) atoms. The molecular formula is C18H23O4P. The highest BCUT2D eigenvalue weighted by atomic mass is 31.1. The Balaban J connectivity index is 1.69. The van der Waals surface area contributed by atoms with Crippen molar-refractivity contribution in [2.45, 2.75) is 76.1 Å². The zero-order valence-electron chi connectivity index (χ0n) is 14.4. The van der Waals surface area contributed by atoms with E-state index in [-0.39, 0.29) is 10.7 Å². The van der Waals surface area contributed by atoms with Crippen molar-refractivity contribution in [2.24, 2.45) is 0 Å². The van der Waals surface area contributed by atoms with Gasteiger partial charge in [-0.3, -0.25) is 0 Å². The number of aryl methyl sites for hydroxylation is 2. The first-order valence-electron chi connectivity index (χ1n) is 8.33. The summed E-state index contributed by atoms with van der Waals surface area (Å²) in [6.45, 7) is 10.6. The van der Waals surface area contributed by atoms with Crippen LogP contribution in [0.5, 0.6) is 5.75 Å². The average Bonchev–Trinajstić information content (AvgIpc) is 2.31. The van der Waals surface area contributed by atoms with E-state index in [1.54, 1.807) is 0 Å². The summed E-state index contributed by atoms with van der Waals surface area (Å²) in [5.41, 5.74) is 3.75. The first kappa shape index (κ1) is 14.7. The lowest BCUT2D eigenvalue weighted by atomic mass is 9.92. The molecule has 4 nitrogen and oxygen atoms in total. The molecule has 5 aliphatic heterocycles. The molecule has 0 saturated carbocycles. The maximum absolute atomic E-state index is 6.60. The molecule has 0 amide bonds. The lowest BCUT2D eigenvalue weighted by Crippen LogP contribution is -2.73. The summed E-state index contributed by atoms with van der Waals surface area (Å²) in [4.78, 5) is 0. The highest BCUT2D eigenvalue weighted by Gasteiger charge is 2.75. The van der Waals surface area contributed by atoms with Crippen molar-refractivity contribution in [1.82, 2.24) is 0 Å². The highest BCUT2D eigenvalue weighted by Crippen LogP contribution is 2.78. The van der Waals surface area contributed by atoms with Crippen LogP contribution in [-0.2, 0) is 20.6 Å². The second-order valence-corrected chi connectivity index (χ2v) is 10.7. The number of benzene rings is 1. The Kier molecular flexibility index (Phi) is 2.51. The van der Waals surface area contributed by atoms with Crippen LogP contribution in [0, 0.1) is 13.8 Å². The predicted octanol–water partition coefficient (Wildman–Crippen LogP) is 4.35. The summed E-state index contributed by atoms with van der Waals surface area (Å²) >= 11 is 0. The van der Waals surface area contributed by atoms with Gasteiger partial charge in [0, 0.05) is 19.3 Å². The minimum atomic E-state index is -0.884. The molecule has 5 heteroatoms. The minimum Gasteiger partial charge on any atom is -0.468 e. The van der Waals surface area contributed by atoms with E-state index in [0.29, 0.717) is 0 Å². The maximum Gasteiger partial charge on any atom is 0.173 e. The van der Waals surface area contributed by atoms with E-state index < -0.39 is 19.7 Å². The van der Waals surface area contributed by atoms with Gasteiger partial charge in [-0.2, -0.15) is 0 Å². The van der Waals surface area contributed by atoms with E-state index in [9.17, 15) is 0 Å². The highest BCUT2D eigenvalue weighted by molar-refractivity contribution is 7.56. The smallest absolute Gasteiger partial charge is 0.173 e. The van der Waals surface area contributed by atoms with Crippen molar-refractivity contribution in [3.63, 3.8) is 0 Å². The number of rotatable bonds is 0. The average molecular weight is 334 g/mol. The summed E-state index contributed by atoms with van der Waals surface area (Å²) in [7, 11) is -0.884. The molecule has 0 aliphatic carbocycles. The van der Waals surface area contributed by atoms with Gasteiger partial charge in [-0.25, -0.2) is 0 Å². The Bertz CT molecular complexity index is 712. The van der Waals surface area contributed by atoms with Gasteiger partial charge in [0.1, 0.15) is 16.4 Å². The van der Waals surface area contributed by atoms with Gasteiger partial charge >= 0.3 is 0 Å². The standard InChI is InChI=1S/C18H23O4P/c1-11-6-12(2)14-13(7-11)8-18-10-16(4)20-15(3,22-18)9-17(5,21-16)23(18)19-14/h6-7H,8-10H2,1-5H3. The third-order valence-corrected chi connectivity index (χ3v) is 8.09. The van der Waals surface area contributed by atoms with Crippen LogP contribution in [0.4, 0.5) is 0 Å². The zero-order valence-corrected chi connectivity index (χ0v) is 15.3. The van der Waals surface area contributed by atoms with Crippen molar-refractivity contribution in [3.05, 3.63) is 28.8 Å². The van der Waals surface area contributed by atoms with Crippen LogP contribution in [0.15, 0.2) is 12.1 Å². The van der Waals surface area contributed by atoms with E-state index in [2.05, 4.69) is 46.8 Å². The Morgan fingerprint density at radius 1 is 0.957 bits per heavy atom. The molecule has 0 aromatic heterocycles. The molecule has 4 saturated heterocycles. The van der Waals surface area contributed by atoms with Crippen LogP contribution in [0.3, 0.4) is 0 Å². The van der Waals surface area contributed by atoms with E-state index in [1.807, 2.05) is 0 Å². The van der Waals surface area contributed by atoms with Gasteiger partial charge in [0.25, 0.3) is 0 Å². The maximum atomic E-state index is 6.60. The molecule has 4 fully saturated rings. The normalized spacial score (nSPS) is 49.5. The first-order valence-corrected chi connectivity index (χ1v) is 9.59. The molecule has 1 aromatic rings. The fourth-order valence-electron chi connectivity index (χ4n) is 5.38. The molecule has 5 unspecified atom stereocenters. The zero-order chi connectivity index (χ0) is 16.3. The SMILES string of the molecule is Cc1cc(C)c2c(c1)CC13CC4(C)OC(C)(CC(C)(O4)P1O2)O3. The van der Waals surface area contributed by atoms with Crippen molar-refractivity contribution < 1.29 is 18.7 Å². The van der Waals surface area contributed by atoms with E-state index in [0.717, 1.165) is 25.0 Å². The number of hydrogen-bond acceptors (Lipinski definition) is 4. The molecule has 0 radical (unpaired) electrons. The minimum absolute atomic E-state index is 0.296. The Labute approximate surface area is 138 Å². The molecule has 0 N–H and O–H groups in total. The van der Waals surface area contributed by atoms with Crippen LogP contribution in [0.2, 0.25) is 0 Å². The predicted molar refractivity (Wildman–Crippen MR) is 87.6 cm³/mol. The largest absolute Gasteiger partial charge is 0.468 e. The quantitative estimate of drug-likeness (QED) is 0.661. The van der Waals surface area contributed by atoms with E-state index in [4.69, 9.17) is 18.7 Å². The molecule has 5 heterocycles. The van der Waals surface area contributed by atoms with Crippen molar-refractivity contribution in [2.75, 3.05) is 0 Å². The molecule has 5 atom stereocenters.